The first kappa shape index (κ1) is 23.1. The van der Waals surface area contributed by atoms with E-state index in [0.29, 0.717) is 12.8 Å². The van der Waals surface area contributed by atoms with Gasteiger partial charge in [-0.3, -0.25) is 9.69 Å². The zero-order chi connectivity index (χ0) is 23.6. The molecule has 0 aliphatic carbocycles. The molecule has 33 heavy (non-hydrogen) atoms. The molecule has 2 aliphatic rings. The molecule has 2 saturated heterocycles. The van der Waals surface area contributed by atoms with Crippen LogP contribution in [0.2, 0.25) is 0 Å². The summed E-state index contributed by atoms with van der Waals surface area (Å²) < 4.78 is 55.3. The number of amides is 1. The second kappa shape index (κ2) is 9.43. The fourth-order valence-corrected chi connectivity index (χ4v) is 4.51. The first-order chi connectivity index (χ1) is 15.8. The van der Waals surface area contributed by atoms with E-state index in [2.05, 4.69) is 0 Å². The quantitative estimate of drug-likeness (QED) is 0.601. The van der Waals surface area contributed by atoms with E-state index in [0.717, 1.165) is 23.8 Å². The van der Waals surface area contributed by atoms with Crippen LogP contribution in [0.3, 0.4) is 0 Å². The molecule has 0 spiro atoms. The maximum absolute atomic E-state index is 13.2. The van der Waals surface area contributed by atoms with Gasteiger partial charge >= 0.3 is 12.3 Å². The highest BCUT2D eigenvalue weighted by Crippen LogP contribution is 2.38. The third-order valence-electron chi connectivity index (χ3n) is 6.10. The normalized spacial score (nSPS) is 22.5. The summed E-state index contributed by atoms with van der Waals surface area (Å²) in [5.41, 5.74) is 0.0958. The van der Waals surface area contributed by atoms with Crippen molar-refractivity contribution in [3.8, 4) is 5.75 Å². The number of ketones is 1. The highest BCUT2D eigenvalue weighted by molar-refractivity contribution is 6.00. The third-order valence-corrected chi connectivity index (χ3v) is 6.10. The maximum atomic E-state index is 13.2. The van der Waals surface area contributed by atoms with Crippen molar-refractivity contribution in [1.82, 2.24) is 4.90 Å². The molecule has 0 N–H and O–H groups in total. The number of hydrogen-bond donors (Lipinski definition) is 0. The summed E-state index contributed by atoms with van der Waals surface area (Å²) in [6.45, 7) is 0.678. The average Bonchev–Trinajstić information content (AvgIpc) is 2.80. The van der Waals surface area contributed by atoms with Gasteiger partial charge in [0.15, 0.2) is 5.78 Å². The molecule has 2 aromatic carbocycles. The number of methoxy groups -OCH3 is 1. The first-order valence-electron chi connectivity index (χ1n) is 10.6. The van der Waals surface area contributed by atoms with Crippen molar-refractivity contribution in [2.75, 3.05) is 20.3 Å². The Morgan fingerprint density at radius 2 is 1.73 bits per heavy atom. The minimum Gasteiger partial charge on any atom is -0.496 e. The van der Waals surface area contributed by atoms with Crippen LogP contribution in [0.5, 0.6) is 5.75 Å². The zero-order valence-electron chi connectivity index (χ0n) is 18.0. The van der Waals surface area contributed by atoms with Crippen LogP contribution in [0.25, 0.3) is 0 Å². The van der Waals surface area contributed by atoms with E-state index in [1.807, 2.05) is 30.3 Å². The minimum atomic E-state index is -4.53. The molecule has 0 radical (unpaired) electrons. The van der Waals surface area contributed by atoms with Gasteiger partial charge in [-0.15, -0.1) is 0 Å². The van der Waals surface area contributed by atoms with Crippen molar-refractivity contribution in [2.45, 2.75) is 37.7 Å². The van der Waals surface area contributed by atoms with Crippen molar-refractivity contribution in [2.24, 2.45) is 5.92 Å². The summed E-state index contributed by atoms with van der Waals surface area (Å²) in [6, 6.07) is 11.5. The highest BCUT2D eigenvalue weighted by atomic mass is 19.4. The minimum absolute atomic E-state index is 0.106. The summed E-state index contributed by atoms with van der Waals surface area (Å²) in [5.74, 6) is -0.872. The number of Topliss-reactive ketones (excluding diaryl/α,β-unsaturated/α-hetero) is 1. The summed E-state index contributed by atoms with van der Waals surface area (Å²) in [6.07, 6.45) is -4.33. The summed E-state index contributed by atoms with van der Waals surface area (Å²) in [7, 11) is 1.24. The molecule has 0 saturated carbocycles. The van der Waals surface area contributed by atoms with Gasteiger partial charge in [-0.1, -0.05) is 30.3 Å². The van der Waals surface area contributed by atoms with Gasteiger partial charge in [0, 0.05) is 5.92 Å². The molecule has 176 valence electrons. The van der Waals surface area contributed by atoms with Gasteiger partial charge in [-0.25, -0.2) is 4.79 Å². The van der Waals surface area contributed by atoms with Crippen LogP contribution in [0.4, 0.5) is 18.0 Å². The van der Waals surface area contributed by atoms with Crippen molar-refractivity contribution in [3.63, 3.8) is 0 Å². The molecule has 9 heteroatoms. The van der Waals surface area contributed by atoms with E-state index in [1.165, 1.54) is 7.11 Å². The predicted molar refractivity (Wildman–Crippen MR) is 112 cm³/mol. The fraction of sp³-hybridized carbons (Fsp3) is 0.417. The Hall–Kier alpha value is -3.07. The number of rotatable bonds is 5. The zero-order valence-corrected chi connectivity index (χ0v) is 18.0. The number of hydrogen-bond acceptors (Lipinski definition) is 5. The van der Waals surface area contributed by atoms with E-state index in [-0.39, 0.29) is 49.0 Å². The monoisotopic (exact) mass is 463 g/mol. The number of morpholine rings is 1. The van der Waals surface area contributed by atoms with E-state index in [1.54, 1.807) is 4.90 Å². The van der Waals surface area contributed by atoms with Crippen LogP contribution in [-0.4, -0.2) is 49.2 Å². The van der Waals surface area contributed by atoms with Gasteiger partial charge in [-0.05, 0) is 36.6 Å². The van der Waals surface area contributed by atoms with Crippen molar-refractivity contribution in [1.29, 1.82) is 0 Å². The first-order valence-corrected chi connectivity index (χ1v) is 10.6. The molecule has 2 heterocycles. The number of nitrogens with zero attached hydrogens (tertiary/aromatic N) is 1. The number of fused-ring (bicyclic) bond motifs is 2. The largest absolute Gasteiger partial charge is 0.496 e. The van der Waals surface area contributed by atoms with Crippen LogP contribution in [0.15, 0.2) is 48.5 Å². The lowest BCUT2D eigenvalue weighted by Crippen LogP contribution is -2.59. The van der Waals surface area contributed by atoms with Gasteiger partial charge in [0.2, 0.25) is 0 Å². The van der Waals surface area contributed by atoms with Crippen LogP contribution < -0.4 is 4.74 Å². The number of piperidine rings is 1. The molecule has 2 aromatic rings. The average molecular weight is 463 g/mol. The Balaban J connectivity index is 1.47. The highest BCUT2D eigenvalue weighted by Gasteiger charge is 2.45. The molecule has 2 aliphatic heterocycles. The molecule has 0 aromatic heterocycles. The Kier molecular flexibility index (Phi) is 6.60. The van der Waals surface area contributed by atoms with Gasteiger partial charge < -0.3 is 14.2 Å². The number of ether oxygens (including phenoxy) is 3. The van der Waals surface area contributed by atoms with Gasteiger partial charge in [-0.2, -0.15) is 13.2 Å². The molecule has 2 bridgehead atoms. The molecular weight excluding hydrogens is 439 g/mol. The SMILES string of the molecule is COc1cc(C(F)(F)F)ccc1C(=O)C1CC2COCC(C1)N2C(=O)OCc1ccccc1. The Morgan fingerprint density at radius 1 is 1.06 bits per heavy atom. The summed E-state index contributed by atoms with van der Waals surface area (Å²) in [4.78, 5) is 27.7. The summed E-state index contributed by atoms with van der Waals surface area (Å²) >= 11 is 0. The molecule has 2 atom stereocenters. The fourth-order valence-electron chi connectivity index (χ4n) is 4.51. The topological polar surface area (TPSA) is 65.1 Å². The number of halogens is 3. The van der Waals surface area contributed by atoms with E-state index >= 15 is 0 Å². The number of alkyl halides is 3. The van der Waals surface area contributed by atoms with Gasteiger partial charge in [0.1, 0.15) is 12.4 Å². The van der Waals surface area contributed by atoms with Crippen LogP contribution in [-0.2, 0) is 22.3 Å². The molecular formula is C24H24F3NO5. The lowest BCUT2D eigenvalue weighted by atomic mass is 9.80. The van der Waals surface area contributed by atoms with Gasteiger partial charge in [0.25, 0.3) is 0 Å². The van der Waals surface area contributed by atoms with E-state index < -0.39 is 23.8 Å². The Bertz CT molecular complexity index is 997. The molecule has 4 rings (SSSR count). The number of benzene rings is 2. The smallest absolute Gasteiger partial charge is 0.416 e. The van der Waals surface area contributed by atoms with Crippen LogP contribution in [0.1, 0.15) is 34.3 Å². The molecule has 2 fully saturated rings. The number of carbonyl (C=O) groups excluding carboxylic acids is 2. The van der Waals surface area contributed by atoms with Crippen molar-refractivity contribution >= 4 is 11.9 Å². The lowest BCUT2D eigenvalue weighted by molar-refractivity contribution is -0.137. The van der Waals surface area contributed by atoms with Gasteiger partial charge in [0.05, 0.1) is 43.5 Å². The molecule has 6 nitrogen and oxygen atoms in total. The second-order valence-corrected chi connectivity index (χ2v) is 8.24. The lowest BCUT2D eigenvalue weighted by Gasteiger charge is -2.47. The third kappa shape index (κ3) is 4.98. The molecule has 2 unspecified atom stereocenters. The Morgan fingerprint density at radius 3 is 2.33 bits per heavy atom. The van der Waals surface area contributed by atoms with E-state index in [9.17, 15) is 22.8 Å². The Labute approximate surface area is 189 Å². The van der Waals surface area contributed by atoms with Crippen LogP contribution in [0, 0.1) is 5.92 Å². The van der Waals surface area contributed by atoms with Crippen molar-refractivity contribution < 1.29 is 37.0 Å². The predicted octanol–water partition coefficient (Wildman–Crippen LogP) is 4.71. The molecule has 1 amide bonds. The second-order valence-electron chi connectivity index (χ2n) is 8.24. The summed E-state index contributed by atoms with van der Waals surface area (Å²) in [5, 5.41) is 0. The van der Waals surface area contributed by atoms with Crippen molar-refractivity contribution in [3.05, 3.63) is 65.2 Å². The number of carbonyl (C=O) groups is 2. The van der Waals surface area contributed by atoms with E-state index in [4.69, 9.17) is 14.2 Å². The van der Waals surface area contributed by atoms with Crippen LogP contribution >= 0.6 is 0 Å². The standard InChI is InChI=1S/C24H24F3NO5/c1-31-21-11-17(24(25,26)27)7-8-20(21)22(29)16-9-18-13-32-14-19(10-16)28(18)23(30)33-12-15-5-3-2-4-6-15/h2-8,11,16,18-19H,9-10,12-14H2,1H3. The maximum Gasteiger partial charge on any atom is 0.416 e.